The van der Waals surface area contributed by atoms with Gasteiger partial charge < -0.3 is 15.5 Å². The zero-order valence-electron chi connectivity index (χ0n) is 11.6. The summed E-state index contributed by atoms with van der Waals surface area (Å²) < 4.78 is 0. The summed E-state index contributed by atoms with van der Waals surface area (Å²) in [7, 11) is 0. The lowest BCUT2D eigenvalue weighted by Gasteiger charge is -2.29. The van der Waals surface area contributed by atoms with E-state index in [1.807, 2.05) is 33.9 Å². The molecule has 0 spiro atoms. The lowest BCUT2D eigenvalue weighted by Crippen LogP contribution is -2.39. The molecule has 3 N–H and O–H groups in total. The van der Waals surface area contributed by atoms with E-state index in [2.05, 4.69) is 10.3 Å². The Labute approximate surface area is 113 Å². The number of aryl methyl sites for hydroxylation is 1. The van der Waals surface area contributed by atoms with Crippen molar-refractivity contribution in [2.45, 2.75) is 52.8 Å². The summed E-state index contributed by atoms with van der Waals surface area (Å²) in [6.45, 7) is 8.69. The molecule has 2 unspecified atom stereocenters. The van der Waals surface area contributed by atoms with Gasteiger partial charge in [-0.1, -0.05) is 20.8 Å². The minimum atomic E-state index is -0.426. The SMILES string of the molecule is Cc1ncc(CNC(CO)CC(O)C(C)(C)C)s1. The molecule has 0 aliphatic heterocycles. The largest absolute Gasteiger partial charge is 0.395 e. The molecule has 0 aliphatic carbocycles. The van der Waals surface area contributed by atoms with Crippen molar-refractivity contribution >= 4 is 11.3 Å². The molecular formula is C13H24N2O2S. The number of aliphatic hydroxyl groups is 2. The van der Waals surface area contributed by atoms with Crippen molar-refractivity contribution < 1.29 is 10.2 Å². The highest BCUT2D eigenvalue weighted by Gasteiger charge is 2.25. The van der Waals surface area contributed by atoms with Crippen molar-refractivity contribution in [1.82, 2.24) is 10.3 Å². The zero-order chi connectivity index (χ0) is 13.8. The van der Waals surface area contributed by atoms with E-state index in [1.165, 1.54) is 0 Å². The van der Waals surface area contributed by atoms with Gasteiger partial charge in [-0.05, 0) is 18.8 Å². The molecule has 104 valence electrons. The number of aromatic nitrogens is 1. The maximum atomic E-state index is 10.0. The molecule has 0 aliphatic rings. The number of nitrogens with one attached hydrogen (secondary N) is 1. The molecule has 0 aromatic carbocycles. The van der Waals surface area contributed by atoms with E-state index in [-0.39, 0.29) is 18.1 Å². The molecule has 5 heteroatoms. The average molecular weight is 272 g/mol. The van der Waals surface area contributed by atoms with Crippen LogP contribution in [0.5, 0.6) is 0 Å². The van der Waals surface area contributed by atoms with Gasteiger partial charge in [-0.25, -0.2) is 4.98 Å². The second-order valence-corrected chi connectivity index (χ2v) is 7.04. The molecule has 0 bridgehead atoms. The van der Waals surface area contributed by atoms with Gasteiger partial charge in [0.05, 0.1) is 17.7 Å². The standard InChI is InChI=1S/C13H24N2O2S/c1-9-14-6-11(18-9)7-15-10(8-16)5-12(17)13(2,3)4/h6,10,12,15-17H,5,7-8H2,1-4H3. The minimum Gasteiger partial charge on any atom is -0.395 e. The highest BCUT2D eigenvalue weighted by Crippen LogP contribution is 2.22. The summed E-state index contributed by atoms with van der Waals surface area (Å²) in [5, 5.41) is 23.7. The van der Waals surface area contributed by atoms with E-state index in [0.29, 0.717) is 13.0 Å². The predicted molar refractivity (Wildman–Crippen MR) is 74.6 cm³/mol. The zero-order valence-corrected chi connectivity index (χ0v) is 12.4. The molecule has 0 saturated heterocycles. The Morgan fingerprint density at radius 1 is 1.44 bits per heavy atom. The molecule has 2 atom stereocenters. The molecule has 0 radical (unpaired) electrons. The van der Waals surface area contributed by atoms with Crippen LogP contribution in [0.3, 0.4) is 0 Å². The van der Waals surface area contributed by atoms with Crippen LogP contribution in [0.2, 0.25) is 0 Å². The van der Waals surface area contributed by atoms with Crippen LogP contribution in [0.1, 0.15) is 37.1 Å². The van der Waals surface area contributed by atoms with Crippen LogP contribution in [-0.4, -0.2) is 33.9 Å². The molecule has 1 aromatic rings. The topological polar surface area (TPSA) is 65.4 Å². The fourth-order valence-corrected chi connectivity index (χ4v) is 2.32. The first-order chi connectivity index (χ1) is 8.32. The van der Waals surface area contributed by atoms with E-state index in [1.54, 1.807) is 11.3 Å². The summed E-state index contributed by atoms with van der Waals surface area (Å²) in [5.74, 6) is 0. The van der Waals surface area contributed by atoms with Gasteiger partial charge in [-0.3, -0.25) is 0 Å². The first-order valence-corrected chi connectivity index (χ1v) is 7.08. The molecule has 1 rings (SSSR count). The third-order valence-corrected chi connectivity index (χ3v) is 3.87. The van der Waals surface area contributed by atoms with E-state index >= 15 is 0 Å². The summed E-state index contributed by atoms with van der Waals surface area (Å²) in [5.41, 5.74) is -0.157. The first-order valence-electron chi connectivity index (χ1n) is 6.26. The second-order valence-electron chi connectivity index (χ2n) is 5.72. The normalized spacial score (nSPS) is 15.7. The number of aliphatic hydroxyl groups excluding tert-OH is 2. The van der Waals surface area contributed by atoms with Gasteiger partial charge in [0.2, 0.25) is 0 Å². The Balaban J connectivity index is 2.42. The number of thiazole rings is 1. The molecule has 0 amide bonds. The number of hydrogen-bond donors (Lipinski definition) is 3. The second kappa shape index (κ2) is 6.61. The van der Waals surface area contributed by atoms with E-state index in [9.17, 15) is 10.2 Å². The number of hydrogen-bond acceptors (Lipinski definition) is 5. The fourth-order valence-electron chi connectivity index (χ4n) is 1.58. The summed E-state index contributed by atoms with van der Waals surface area (Å²) in [6.07, 6.45) is 1.98. The van der Waals surface area contributed by atoms with E-state index in [0.717, 1.165) is 9.88 Å². The van der Waals surface area contributed by atoms with Gasteiger partial charge in [-0.2, -0.15) is 0 Å². The molecular weight excluding hydrogens is 248 g/mol. The fraction of sp³-hybridized carbons (Fsp3) is 0.769. The smallest absolute Gasteiger partial charge is 0.0897 e. The van der Waals surface area contributed by atoms with Crippen LogP contribution in [0, 0.1) is 12.3 Å². The molecule has 4 nitrogen and oxygen atoms in total. The van der Waals surface area contributed by atoms with Crippen molar-refractivity contribution in [1.29, 1.82) is 0 Å². The quantitative estimate of drug-likeness (QED) is 0.737. The van der Waals surface area contributed by atoms with Crippen molar-refractivity contribution in [3.05, 3.63) is 16.1 Å². The minimum absolute atomic E-state index is 0.0327. The molecule has 0 saturated carbocycles. The van der Waals surface area contributed by atoms with Crippen LogP contribution in [-0.2, 0) is 6.54 Å². The number of nitrogens with zero attached hydrogens (tertiary/aromatic N) is 1. The van der Waals surface area contributed by atoms with Crippen LogP contribution >= 0.6 is 11.3 Å². The monoisotopic (exact) mass is 272 g/mol. The summed E-state index contributed by atoms with van der Waals surface area (Å²) in [4.78, 5) is 5.34. The Bertz CT molecular complexity index is 360. The van der Waals surface area contributed by atoms with Gasteiger partial charge in [0.15, 0.2) is 0 Å². The predicted octanol–water partition coefficient (Wildman–Crippen LogP) is 1.70. The first kappa shape index (κ1) is 15.6. The molecule has 1 heterocycles. The number of rotatable bonds is 6. The van der Waals surface area contributed by atoms with Gasteiger partial charge in [0.1, 0.15) is 0 Å². The van der Waals surface area contributed by atoms with Crippen molar-refractivity contribution in [3.8, 4) is 0 Å². The van der Waals surface area contributed by atoms with Gasteiger partial charge in [0.25, 0.3) is 0 Å². The van der Waals surface area contributed by atoms with Gasteiger partial charge in [-0.15, -0.1) is 11.3 Å². The van der Waals surface area contributed by atoms with Gasteiger partial charge in [0, 0.05) is 23.7 Å². The van der Waals surface area contributed by atoms with Crippen LogP contribution in [0.25, 0.3) is 0 Å². The molecule has 1 aromatic heterocycles. The lowest BCUT2D eigenvalue weighted by molar-refractivity contribution is 0.0389. The van der Waals surface area contributed by atoms with Crippen molar-refractivity contribution in [2.24, 2.45) is 5.41 Å². The summed E-state index contributed by atoms with van der Waals surface area (Å²) in [6, 6.07) is -0.0818. The van der Waals surface area contributed by atoms with Crippen LogP contribution in [0.15, 0.2) is 6.20 Å². The van der Waals surface area contributed by atoms with E-state index in [4.69, 9.17) is 0 Å². The highest BCUT2D eigenvalue weighted by molar-refractivity contribution is 7.11. The van der Waals surface area contributed by atoms with E-state index < -0.39 is 6.10 Å². The Morgan fingerprint density at radius 3 is 2.56 bits per heavy atom. The van der Waals surface area contributed by atoms with Crippen molar-refractivity contribution in [2.75, 3.05) is 6.61 Å². The third kappa shape index (κ3) is 5.02. The lowest BCUT2D eigenvalue weighted by atomic mass is 9.85. The summed E-state index contributed by atoms with van der Waals surface area (Å²) >= 11 is 1.65. The Hall–Kier alpha value is -0.490. The van der Waals surface area contributed by atoms with Crippen LogP contribution in [0.4, 0.5) is 0 Å². The Kier molecular flexibility index (Phi) is 5.72. The molecule has 0 fully saturated rings. The molecule has 18 heavy (non-hydrogen) atoms. The Morgan fingerprint density at radius 2 is 2.11 bits per heavy atom. The third-order valence-electron chi connectivity index (χ3n) is 2.96. The van der Waals surface area contributed by atoms with Crippen LogP contribution < -0.4 is 5.32 Å². The maximum Gasteiger partial charge on any atom is 0.0897 e. The maximum absolute atomic E-state index is 10.0. The highest BCUT2D eigenvalue weighted by atomic mass is 32.1. The van der Waals surface area contributed by atoms with Gasteiger partial charge >= 0.3 is 0 Å². The van der Waals surface area contributed by atoms with Crippen molar-refractivity contribution in [3.63, 3.8) is 0 Å². The average Bonchev–Trinajstić information content (AvgIpc) is 2.68.